The Morgan fingerprint density at radius 2 is 1.82 bits per heavy atom. The van der Waals surface area contributed by atoms with E-state index in [1.165, 1.54) is 16.7 Å². The van der Waals surface area contributed by atoms with E-state index in [1.807, 2.05) is 0 Å². The van der Waals surface area contributed by atoms with Gasteiger partial charge in [-0.05, 0) is 11.6 Å². The van der Waals surface area contributed by atoms with Crippen LogP contribution < -0.4 is 5.32 Å². The number of nitrogens with one attached hydrogen (secondary N) is 1. The van der Waals surface area contributed by atoms with Crippen LogP contribution in [0.4, 0.5) is 4.79 Å². The molecule has 9 nitrogen and oxygen atoms in total. The summed E-state index contributed by atoms with van der Waals surface area (Å²) in [5.74, 6) is -0.506. The number of benzene rings is 1. The Labute approximate surface area is 197 Å². The quantitative estimate of drug-likeness (QED) is 0.656. The van der Waals surface area contributed by atoms with E-state index in [0.717, 1.165) is 0 Å². The smallest absolute Gasteiger partial charge is 0.322 e. The van der Waals surface area contributed by atoms with Crippen LogP contribution in [0.2, 0.25) is 5.02 Å². The molecule has 0 radical (unpaired) electrons. The van der Waals surface area contributed by atoms with E-state index in [9.17, 15) is 19.2 Å². The minimum absolute atomic E-state index is 0.0150. The number of hydrogen-bond donors (Lipinski definition) is 1. The molecule has 1 saturated heterocycles. The molecule has 0 aromatic heterocycles. The van der Waals surface area contributed by atoms with E-state index >= 15 is 0 Å². The number of carbonyl (C=O) groups excluding carboxylic acids is 4. The SMILES string of the molecule is C=CCN1C(=O)N[C@@H](c2ccccc2Cl)C2=C1CN(CC(=O)N1CCN(C(C)=O)CC1)C2=O. The molecule has 3 heterocycles. The lowest BCUT2D eigenvalue weighted by atomic mass is 9.95. The predicted molar refractivity (Wildman–Crippen MR) is 122 cm³/mol. The first kappa shape index (κ1) is 22.8. The van der Waals surface area contributed by atoms with Gasteiger partial charge in [0.15, 0.2) is 0 Å². The van der Waals surface area contributed by atoms with Crippen LogP contribution in [0.1, 0.15) is 18.5 Å². The molecule has 0 aliphatic carbocycles. The predicted octanol–water partition coefficient (Wildman–Crippen LogP) is 1.38. The maximum atomic E-state index is 13.4. The third-order valence-corrected chi connectivity index (χ3v) is 6.57. The van der Waals surface area contributed by atoms with Crippen molar-refractivity contribution in [3.63, 3.8) is 0 Å². The van der Waals surface area contributed by atoms with Crippen molar-refractivity contribution in [1.82, 2.24) is 24.9 Å². The molecule has 1 N–H and O–H groups in total. The minimum atomic E-state index is -0.700. The number of halogens is 1. The van der Waals surface area contributed by atoms with Crippen LogP contribution in [0.25, 0.3) is 0 Å². The summed E-state index contributed by atoms with van der Waals surface area (Å²) in [6.07, 6.45) is 1.59. The second kappa shape index (κ2) is 9.27. The van der Waals surface area contributed by atoms with E-state index in [2.05, 4.69) is 11.9 Å². The summed E-state index contributed by atoms with van der Waals surface area (Å²) in [5, 5.41) is 3.32. The van der Waals surface area contributed by atoms with Gasteiger partial charge in [0.25, 0.3) is 5.91 Å². The van der Waals surface area contributed by atoms with Gasteiger partial charge in [-0.15, -0.1) is 6.58 Å². The lowest BCUT2D eigenvalue weighted by Crippen LogP contribution is -2.52. The zero-order valence-electron chi connectivity index (χ0n) is 18.4. The van der Waals surface area contributed by atoms with Crippen LogP contribution >= 0.6 is 11.6 Å². The average Bonchev–Trinajstić information content (AvgIpc) is 3.12. The fraction of sp³-hybridized carbons (Fsp3) is 0.391. The van der Waals surface area contributed by atoms with Crippen molar-refractivity contribution >= 4 is 35.4 Å². The molecule has 0 bridgehead atoms. The molecule has 5 amide bonds. The highest BCUT2D eigenvalue weighted by Gasteiger charge is 2.44. The van der Waals surface area contributed by atoms with Gasteiger partial charge in [0, 0.05) is 44.7 Å². The van der Waals surface area contributed by atoms with Gasteiger partial charge < -0.3 is 20.0 Å². The van der Waals surface area contributed by atoms with Crippen molar-refractivity contribution in [2.75, 3.05) is 45.8 Å². The van der Waals surface area contributed by atoms with Crippen LogP contribution in [0, 0.1) is 0 Å². The van der Waals surface area contributed by atoms with Gasteiger partial charge >= 0.3 is 6.03 Å². The molecular weight excluding hydrogens is 446 g/mol. The lowest BCUT2D eigenvalue weighted by Gasteiger charge is -2.35. The molecule has 1 aromatic rings. The second-order valence-electron chi connectivity index (χ2n) is 8.21. The molecular formula is C23H26ClN5O4. The van der Waals surface area contributed by atoms with Crippen molar-refractivity contribution in [2.24, 2.45) is 0 Å². The van der Waals surface area contributed by atoms with Crippen LogP contribution in [-0.2, 0) is 14.4 Å². The Morgan fingerprint density at radius 1 is 1.15 bits per heavy atom. The van der Waals surface area contributed by atoms with Crippen LogP contribution in [0.15, 0.2) is 48.2 Å². The Balaban J connectivity index is 1.55. The molecule has 0 unspecified atom stereocenters. The van der Waals surface area contributed by atoms with Gasteiger partial charge in [0.2, 0.25) is 11.8 Å². The first-order valence-corrected chi connectivity index (χ1v) is 11.2. The first-order chi connectivity index (χ1) is 15.8. The lowest BCUT2D eigenvalue weighted by molar-refractivity contribution is -0.141. The van der Waals surface area contributed by atoms with Gasteiger partial charge in [-0.3, -0.25) is 19.3 Å². The normalized spacial score (nSPS) is 20.7. The first-order valence-electron chi connectivity index (χ1n) is 10.8. The second-order valence-corrected chi connectivity index (χ2v) is 8.62. The molecule has 3 aliphatic heterocycles. The van der Waals surface area contributed by atoms with Crippen molar-refractivity contribution in [3.8, 4) is 0 Å². The summed E-state index contributed by atoms with van der Waals surface area (Å²) >= 11 is 6.38. The van der Waals surface area contributed by atoms with Crippen molar-refractivity contribution in [2.45, 2.75) is 13.0 Å². The molecule has 174 valence electrons. The number of hydrogen-bond acceptors (Lipinski definition) is 4. The Morgan fingerprint density at radius 3 is 2.45 bits per heavy atom. The molecule has 0 spiro atoms. The van der Waals surface area contributed by atoms with Gasteiger partial charge in [-0.2, -0.15) is 0 Å². The number of urea groups is 1. The summed E-state index contributed by atoms with van der Waals surface area (Å²) < 4.78 is 0. The fourth-order valence-electron chi connectivity index (χ4n) is 4.47. The van der Waals surface area contributed by atoms with Gasteiger partial charge in [0.1, 0.15) is 6.54 Å². The summed E-state index contributed by atoms with van der Waals surface area (Å²) in [5.41, 5.74) is 1.60. The summed E-state index contributed by atoms with van der Waals surface area (Å²) in [6, 6.07) is 6.01. The highest BCUT2D eigenvalue weighted by atomic mass is 35.5. The molecule has 3 aliphatic rings. The highest BCUT2D eigenvalue weighted by molar-refractivity contribution is 6.31. The zero-order chi connectivity index (χ0) is 23.7. The van der Waals surface area contributed by atoms with Crippen molar-refractivity contribution in [3.05, 3.63) is 58.8 Å². The number of rotatable bonds is 5. The van der Waals surface area contributed by atoms with Crippen LogP contribution in [-0.4, -0.2) is 89.2 Å². The Kier molecular flexibility index (Phi) is 6.42. The highest BCUT2D eigenvalue weighted by Crippen LogP contribution is 2.38. The summed E-state index contributed by atoms with van der Waals surface area (Å²) in [4.78, 5) is 57.1. The van der Waals surface area contributed by atoms with E-state index in [-0.39, 0.29) is 43.4 Å². The third-order valence-electron chi connectivity index (χ3n) is 6.23. The van der Waals surface area contributed by atoms with E-state index in [1.54, 1.807) is 40.1 Å². The van der Waals surface area contributed by atoms with Crippen LogP contribution in [0.3, 0.4) is 0 Å². The van der Waals surface area contributed by atoms with Gasteiger partial charge in [0.05, 0.1) is 23.9 Å². The third kappa shape index (κ3) is 4.32. The van der Waals surface area contributed by atoms with Crippen molar-refractivity contribution in [1.29, 1.82) is 0 Å². The summed E-state index contributed by atoms with van der Waals surface area (Å²) in [6.45, 7) is 7.32. The largest absolute Gasteiger partial charge is 0.339 e. The maximum Gasteiger partial charge on any atom is 0.322 e. The van der Waals surface area contributed by atoms with Gasteiger partial charge in [-0.25, -0.2) is 4.79 Å². The standard InChI is InChI=1S/C23H26ClN5O4/c1-3-8-29-18-13-28(14-19(31)27-11-9-26(10-12-27)15(2)30)22(32)20(18)21(25-23(29)33)16-6-4-5-7-17(16)24/h3-7,21H,1,8-14H2,2H3,(H,25,33)/t21-/m0/s1. The zero-order valence-corrected chi connectivity index (χ0v) is 19.2. The van der Waals surface area contributed by atoms with E-state index in [0.29, 0.717) is 48.0 Å². The number of amides is 5. The Bertz CT molecular complexity index is 1050. The molecule has 1 atom stereocenters. The fourth-order valence-corrected chi connectivity index (χ4v) is 4.72. The maximum absolute atomic E-state index is 13.4. The van der Waals surface area contributed by atoms with E-state index < -0.39 is 6.04 Å². The monoisotopic (exact) mass is 471 g/mol. The van der Waals surface area contributed by atoms with Gasteiger partial charge in [-0.1, -0.05) is 35.9 Å². The topological polar surface area (TPSA) is 93.3 Å². The molecule has 10 heteroatoms. The molecule has 0 saturated carbocycles. The number of nitrogens with zero attached hydrogens (tertiary/aromatic N) is 4. The molecule has 1 aromatic carbocycles. The number of carbonyl (C=O) groups is 4. The Hall–Kier alpha value is -3.33. The summed E-state index contributed by atoms with van der Waals surface area (Å²) in [7, 11) is 0. The van der Waals surface area contributed by atoms with Crippen molar-refractivity contribution < 1.29 is 19.2 Å². The van der Waals surface area contributed by atoms with Crippen LogP contribution in [0.5, 0.6) is 0 Å². The molecule has 4 rings (SSSR count). The van der Waals surface area contributed by atoms with E-state index in [4.69, 9.17) is 11.6 Å². The molecule has 1 fully saturated rings. The molecule has 33 heavy (non-hydrogen) atoms. The number of piperazine rings is 1. The minimum Gasteiger partial charge on any atom is -0.339 e. The average molecular weight is 472 g/mol.